The zero-order chi connectivity index (χ0) is 24.9. The average Bonchev–Trinajstić information content (AvgIpc) is 3.19. The first-order valence-electron chi connectivity index (χ1n) is 10.8. The number of hydrogen-bond acceptors (Lipinski definition) is 8. The third-order valence-corrected chi connectivity index (χ3v) is 5.17. The second-order valence-corrected chi connectivity index (χ2v) is 9.69. The van der Waals surface area contributed by atoms with E-state index >= 15 is 0 Å². The second-order valence-electron chi connectivity index (χ2n) is 8.77. The van der Waals surface area contributed by atoms with Gasteiger partial charge in [0.2, 0.25) is 5.95 Å². The largest absolute Gasteiger partial charge is 0.411 e. The Kier molecular flexibility index (Phi) is 8.29. The van der Waals surface area contributed by atoms with Crippen molar-refractivity contribution in [2.24, 2.45) is 0 Å². The SMILES string of the molecule is CN(CCc1ncc(Br)cn1)c1nc(NCCCOCC(F)(F)F)c2cnn(C(C)(C)C)c2n1. The molecule has 0 amide bonds. The molecule has 1 N–H and O–H groups in total. The summed E-state index contributed by atoms with van der Waals surface area (Å²) < 4.78 is 44.0. The molecule has 0 atom stereocenters. The van der Waals surface area contributed by atoms with Crippen LogP contribution in [0.1, 0.15) is 33.0 Å². The average molecular weight is 545 g/mol. The molecule has 0 radical (unpaired) electrons. The van der Waals surface area contributed by atoms with E-state index in [1.165, 1.54) is 0 Å². The number of ether oxygens (including phenoxy) is 1. The third kappa shape index (κ3) is 7.23. The van der Waals surface area contributed by atoms with Crippen molar-refractivity contribution in [1.29, 1.82) is 0 Å². The first kappa shape index (κ1) is 26.1. The highest BCUT2D eigenvalue weighted by molar-refractivity contribution is 9.10. The predicted octanol–water partition coefficient (Wildman–Crippen LogP) is 4.19. The Morgan fingerprint density at radius 2 is 1.82 bits per heavy atom. The van der Waals surface area contributed by atoms with Crippen molar-refractivity contribution in [1.82, 2.24) is 29.7 Å². The van der Waals surface area contributed by atoms with Crippen LogP contribution >= 0.6 is 15.9 Å². The van der Waals surface area contributed by atoms with Gasteiger partial charge in [0.25, 0.3) is 0 Å². The molecule has 9 nitrogen and oxygen atoms in total. The molecule has 0 aliphatic heterocycles. The van der Waals surface area contributed by atoms with Crippen molar-refractivity contribution >= 4 is 38.7 Å². The number of anilines is 2. The number of likely N-dealkylation sites (N-methyl/N-ethyl adjacent to an activating group) is 1. The molecule has 34 heavy (non-hydrogen) atoms. The zero-order valence-corrected chi connectivity index (χ0v) is 21.1. The van der Waals surface area contributed by atoms with Gasteiger partial charge in [0.15, 0.2) is 5.65 Å². The van der Waals surface area contributed by atoms with E-state index in [1.54, 1.807) is 18.6 Å². The molecule has 0 bridgehead atoms. The highest BCUT2D eigenvalue weighted by atomic mass is 79.9. The molecule has 0 fully saturated rings. The van der Waals surface area contributed by atoms with Gasteiger partial charge in [-0.3, -0.25) is 0 Å². The van der Waals surface area contributed by atoms with Crippen LogP contribution in [-0.2, 0) is 16.7 Å². The molecule has 13 heteroatoms. The Morgan fingerprint density at radius 3 is 2.47 bits per heavy atom. The van der Waals surface area contributed by atoms with Crippen LogP contribution < -0.4 is 10.2 Å². The van der Waals surface area contributed by atoms with E-state index < -0.39 is 12.8 Å². The van der Waals surface area contributed by atoms with Gasteiger partial charge >= 0.3 is 6.18 Å². The van der Waals surface area contributed by atoms with E-state index in [4.69, 9.17) is 4.98 Å². The summed E-state index contributed by atoms with van der Waals surface area (Å²) in [7, 11) is 1.88. The molecule has 186 valence electrons. The Labute approximate surface area is 204 Å². The molecule has 0 aliphatic rings. The first-order valence-corrected chi connectivity index (χ1v) is 11.6. The molecule has 3 rings (SSSR count). The van der Waals surface area contributed by atoms with Gasteiger partial charge in [-0.1, -0.05) is 0 Å². The number of rotatable bonds is 10. The fourth-order valence-corrected chi connectivity index (χ4v) is 3.30. The lowest BCUT2D eigenvalue weighted by atomic mass is 10.1. The van der Waals surface area contributed by atoms with Gasteiger partial charge in [-0.25, -0.2) is 14.6 Å². The quantitative estimate of drug-likeness (QED) is 0.379. The highest BCUT2D eigenvalue weighted by Crippen LogP contribution is 2.27. The van der Waals surface area contributed by atoms with Crippen LogP contribution in [0.15, 0.2) is 23.1 Å². The number of nitrogens with one attached hydrogen (secondary N) is 1. The van der Waals surface area contributed by atoms with Crippen molar-refractivity contribution in [3.63, 3.8) is 0 Å². The molecule has 0 spiro atoms. The summed E-state index contributed by atoms with van der Waals surface area (Å²) in [6.45, 7) is 5.80. The summed E-state index contributed by atoms with van der Waals surface area (Å²) in [6.07, 6.45) is 1.77. The van der Waals surface area contributed by atoms with Crippen molar-refractivity contribution in [2.45, 2.75) is 45.3 Å². The van der Waals surface area contributed by atoms with E-state index in [0.29, 0.717) is 49.2 Å². The van der Waals surface area contributed by atoms with Crippen LogP contribution in [0, 0.1) is 0 Å². The van der Waals surface area contributed by atoms with Crippen LogP contribution in [0.2, 0.25) is 0 Å². The van der Waals surface area contributed by atoms with Gasteiger partial charge in [0, 0.05) is 45.6 Å². The Balaban J connectivity index is 1.75. The number of hydrogen-bond donors (Lipinski definition) is 1. The minimum atomic E-state index is -4.32. The molecular weight excluding hydrogens is 517 g/mol. The lowest BCUT2D eigenvalue weighted by Gasteiger charge is -2.22. The fraction of sp³-hybridized carbons (Fsp3) is 0.571. The monoisotopic (exact) mass is 544 g/mol. The summed E-state index contributed by atoms with van der Waals surface area (Å²) in [4.78, 5) is 19.9. The van der Waals surface area contributed by atoms with E-state index in [9.17, 15) is 13.2 Å². The molecule has 3 heterocycles. The topological polar surface area (TPSA) is 93.9 Å². The second kappa shape index (κ2) is 10.8. The number of alkyl halides is 3. The van der Waals surface area contributed by atoms with Gasteiger partial charge in [-0.05, 0) is 43.1 Å². The fourth-order valence-electron chi connectivity index (χ4n) is 3.10. The summed E-state index contributed by atoms with van der Waals surface area (Å²) in [5.41, 5.74) is 0.361. The Bertz CT molecular complexity index is 1080. The van der Waals surface area contributed by atoms with E-state index in [1.807, 2.05) is 37.4 Å². The molecule has 3 aromatic heterocycles. The normalized spacial score (nSPS) is 12.4. The molecule has 0 aromatic carbocycles. The third-order valence-electron chi connectivity index (χ3n) is 4.76. The number of aromatic nitrogens is 6. The molecule has 0 saturated heterocycles. The minimum absolute atomic E-state index is 0.0120. The van der Waals surface area contributed by atoms with Crippen LogP contribution in [0.4, 0.5) is 24.9 Å². The molecule has 0 aliphatic carbocycles. The van der Waals surface area contributed by atoms with Crippen LogP contribution in [0.3, 0.4) is 0 Å². The van der Waals surface area contributed by atoms with Gasteiger partial charge in [-0.2, -0.15) is 28.2 Å². The van der Waals surface area contributed by atoms with Crippen LogP contribution in [0.5, 0.6) is 0 Å². The Hall–Kier alpha value is -2.54. The lowest BCUT2D eigenvalue weighted by molar-refractivity contribution is -0.173. The minimum Gasteiger partial charge on any atom is -0.372 e. The van der Waals surface area contributed by atoms with Gasteiger partial charge in [0.1, 0.15) is 18.2 Å². The maximum atomic E-state index is 12.2. The van der Waals surface area contributed by atoms with Crippen molar-refractivity contribution < 1.29 is 17.9 Å². The molecule has 0 saturated carbocycles. The van der Waals surface area contributed by atoms with E-state index in [-0.39, 0.29) is 12.1 Å². The maximum Gasteiger partial charge on any atom is 0.411 e. The maximum absolute atomic E-state index is 12.2. The first-order chi connectivity index (χ1) is 15.9. The Morgan fingerprint density at radius 1 is 1.12 bits per heavy atom. The summed E-state index contributed by atoms with van der Waals surface area (Å²) in [6, 6.07) is 0. The van der Waals surface area contributed by atoms with E-state index in [0.717, 1.165) is 9.86 Å². The predicted molar refractivity (Wildman–Crippen MR) is 127 cm³/mol. The number of halogens is 4. The highest BCUT2D eigenvalue weighted by Gasteiger charge is 2.27. The van der Waals surface area contributed by atoms with E-state index in [2.05, 4.69) is 46.0 Å². The zero-order valence-electron chi connectivity index (χ0n) is 19.5. The van der Waals surface area contributed by atoms with Crippen LogP contribution in [-0.4, -0.2) is 69.2 Å². The lowest BCUT2D eigenvalue weighted by Crippen LogP contribution is -2.26. The number of fused-ring (bicyclic) bond motifs is 1. The van der Waals surface area contributed by atoms with Crippen molar-refractivity contribution in [3.05, 3.63) is 28.9 Å². The van der Waals surface area contributed by atoms with Gasteiger partial charge in [-0.15, -0.1) is 0 Å². The van der Waals surface area contributed by atoms with Gasteiger partial charge < -0.3 is 15.0 Å². The standard InChI is InChI=1S/C21H28BrF3N8O/c1-20(2,3)33-18-15(12-29-33)17(26-7-5-9-34-13-21(23,24)25)30-19(31-18)32(4)8-6-16-27-10-14(22)11-28-16/h10-12H,5-9,13H2,1-4H3,(H,26,30,31). The van der Waals surface area contributed by atoms with Crippen LogP contribution in [0.25, 0.3) is 11.0 Å². The molecular formula is C21H28BrF3N8O. The number of nitrogens with zero attached hydrogens (tertiary/aromatic N) is 7. The summed E-state index contributed by atoms with van der Waals surface area (Å²) >= 11 is 3.33. The smallest absolute Gasteiger partial charge is 0.372 e. The van der Waals surface area contributed by atoms with Gasteiger partial charge in [0.05, 0.1) is 21.6 Å². The van der Waals surface area contributed by atoms with Crippen molar-refractivity contribution in [2.75, 3.05) is 43.6 Å². The summed E-state index contributed by atoms with van der Waals surface area (Å²) in [5, 5.41) is 8.43. The molecule has 0 unspecified atom stereocenters. The summed E-state index contributed by atoms with van der Waals surface area (Å²) in [5.74, 6) is 1.76. The van der Waals surface area contributed by atoms with Crippen molar-refractivity contribution in [3.8, 4) is 0 Å². The molecule has 3 aromatic rings.